The fourth-order valence-electron chi connectivity index (χ4n) is 3.96. The van der Waals surface area contributed by atoms with Crippen LogP contribution in [0.15, 0.2) is 77.9 Å². The quantitative estimate of drug-likeness (QED) is 0.475. The summed E-state index contributed by atoms with van der Waals surface area (Å²) in [4.78, 5) is 27.7. The summed E-state index contributed by atoms with van der Waals surface area (Å²) in [5, 5.41) is 6.76. The predicted octanol–water partition coefficient (Wildman–Crippen LogP) is 4.81. The summed E-state index contributed by atoms with van der Waals surface area (Å²) in [6.07, 6.45) is 0.524. The van der Waals surface area contributed by atoms with Crippen molar-refractivity contribution in [3.63, 3.8) is 0 Å². The molecule has 1 heterocycles. The van der Waals surface area contributed by atoms with Gasteiger partial charge in [-0.05, 0) is 54.1 Å². The van der Waals surface area contributed by atoms with Crippen molar-refractivity contribution in [2.24, 2.45) is 5.10 Å². The van der Waals surface area contributed by atoms with Gasteiger partial charge in [0.2, 0.25) is 0 Å². The molecule has 180 valence electrons. The van der Waals surface area contributed by atoms with Crippen molar-refractivity contribution in [1.29, 1.82) is 0 Å². The van der Waals surface area contributed by atoms with Gasteiger partial charge in [-0.2, -0.15) is 5.10 Å². The van der Waals surface area contributed by atoms with E-state index in [0.717, 1.165) is 16.8 Å². The lowest BCUT2D eigenvalue weighted by Gasteiger charge is -2.25. The highest BCUT2D eigenvalue weighted by Gasteiger charge is 2.34. The molecule has 7 nitrogen and oxygen atoms in total. The van der Waals surface area contributed by atoms with E-state index in [1.807, 2.05) is 36.4 Å². The van der Waals surface area contributed by atoms with Gasteiger partial charge in [0.15, 0.2) is 0 Å². The number of ether oxygens (including phenoxy) is 2. The van der Waals surface area contributed by atoms with Gasteiger partial charge in [-0.15, -0.1) is 0 Å². The highest BCUT2D eigenvalue weighted by molar-refractivity contribution is 6.30. The van der Waals surface area contributed by atoms with Gasteiger partial charge in [-0.25, -0.2) is 5.01 Å². The summed E-state index contributed by atoms with van der Waals surface area (Å²) in [5.41, 5.74) is 3.02. The second-order valence-electron chi connectivity index (χ2n) is 8.18. The van der Waals surface area contributed by atoms with Crippen LogP contribution in [0.2, 0.25) is 5.02 Å². The Kier molecular flexibility index (Phi) is 7.36. The monoisotopic (exact) mass is 491 g/mol. The number of carbonyl (C=O) groups is 2. The van der Waals surface area contributed by atoms with Crippen LogP contribution in [0, 0.1) is 0 Å². The van der Waals surface area contributed by atoms with Gasteiger partial charge in [0.1, 0.15) is 18.0 Å². The van der Waals surface area contributed by atoms with E-state index < -0.39 is 0 Å². The highest BCUT2D eigenvalue weighted by atomic mass is 35.5. The molecule has 3 aromatic rings. The van der Waals surface area contributed by atoms with E-state index in [0.29, 0.717) is 28.5 Å². The third-order valence-electron chi connectivity index (χ3n) is 5.88. The van der Waals surface area contributed by atoms with Crippen LogP contribution in [0.3, 0.4) is 0 Å². The van der Waals surface area contributed by atoms with Crippen LogP contribution in [0.5, 0.6) is 11.5 Å². The molecule has 0 aromatic heterocycles. The number of carbonyl (C=O) groups excluding carboxylic acids is 2. The molecule has 3 aromatic carbocycles. The van der Waals surface area contributed by atoms with E-state index in [2.05, 4.69) is 5.10 Å². The van der Waals surface area contributed by atoms with Crippen LogP contribution in [0.1, 0.15) is 33.9 Å². The number of amides is 2. The Bertz CT molecular complexity index is 1240. The van der Waals surface area contributed by atoms with Crippen molar-refractivity contribution >= 4 is 29.1 Å². The zero-order valence-corrected chi connectivity index (χ0v) is 20.5. The first-order valence-corrected chi connectivity index (χ1v) is 11.5. The van der Waals surface area contributed by atoms with E-state index >= 15 is 0 Å². The zero-order chi connectivity index (χ0) is 24.9. The number of benzene rings is 3. The zero-order valence-electron chi connectivity index (χ0n) is 19.8. The molecule has 0 spiro atoms. The van der Waals surface area contributed by atoms with E-state index in [-0.39, 0.29) is 24.4 Å². The lowest BCUT2D eigenvalue weighted by atomic mass is 9.98. The lowest BCUT2D eigenvalue weighted by Crippen LogP contribution is -2.39. The van der Waals surface area contributed by atoms with E-state index in [1.165, 1.54) is 9.91 Å². The summed E-state index contributed by atoms with van der Waals surface area (Å²) in [7, 11) is 4.77. The smallest absolute Gasteiger partial charge is 0.262 e. The number of hydrogen-bond acceptors (Lipinski definition) is 5. The van der Waals surface area contributed by atoms with Crippen LogP contribution >= 0.6 is 11.6 Å². The molecular formula is C27H26ClN3O4. The maximum atomic E-state index is 13.4. The Morgan fingerprint density at radius 2 is 1.69 bits per heavy atom. The van der Waals surface area contributed by atoms with Crippen LogP contribution in [-0.4, -0.2) is 55.2 Å². The molecule has 1 atom stereocenters. The van der Waals surface area contributed by atoms with Crippen molar-refractivity contribution in [3.8, 4) is 11.5 Å². The number of likely N-dealkylation sites (N-methyl/N-ethyl adjacent to an activating group) is 1. The van der Waals surface area contributed by atoms with Gasteiger partial charge in [0.05, 0.1) is 26.0 Å². The number of rotatable bonds is 7. The first-order valence-electron chi connectivity index (χ1n) is 11.1. The van der Waals surface area contributed by atoms with E-state index in [9.17, 15) is 9.59 Å². The van der Waals surface area contributed by atoms with Crippen LogP contribution in [-0.2, 0) is 4.79 Å². The summed E-state index contributed by atoms with van der Waals surface area (Å²) in [5.74, 6) is 0.817. The van der Waals surface area contributed by atoms with Crippen molar-refractivity contribution in [3.05, 3.63) is 94.5 Å². The number of nitrogens with zero attached hydrogens (tertiary/aromatic N) is 3. The Morgan fingerprint density at radius 3 is 2.34 bits per heavy atom. The van der Waals surface area contributed by atoms with Crippen LogP contribution < -0.4 is 9.47 Å². The largest absolute Gasteiger partial charge is 0.497 e. The Labute approximate surface area is 209 Å². The van der Waals surface area contributed by atoms with Crippen LogP contribution in [0.4, 0.5) is 0 Å². The molecular weight excluding hydrogens is 466 g/mol. The predicted molar refractivity (Wildman–Crippen MR) is 135 cm³/mol. The maximum absolute atomic E-state index is 13.4. The number of halogens is 1. The summed E-state index contributed by atoms with van der Waals surface area (Å²) < 4.78 is 10.5. The highest BCUT2D eigenvalue weighted by Crippen LogP contribution is 2.34. The first-order chi connectivity index (χ1) is 16.9. The summed E-state index contributed by atoms with van der Waals surface area (Å²) >= 11 is 6.08. The third kappa shape index (κ3) is 5.46. The molecule has 0 aliphatic carbocycles. The Balaban J connectivity index is 1.58. The Hall–Kier alpha value is -3.84. The summed E-state index contributed by atoms with van der Waals surface area (Å²) in [6, 6.07) is 21.4. The van der Waals surface area contributed by atoms with Crippen molar-refractivity contribution < 1.29 is 19.1 Å². The molecule has 8 heteroatoms. The van der Waals surface area contributed by atoms with Gasteiger partial charge in [-0.1, -0.05) is 35.9 Å². The first kappa shape index (κ1) is 24.3. The third-order valence-corrected chi connectivity index (χ3v) is 6.13. The average Bonchev–Trinajstić information content (AvgIpc) is 3.34. The molecule has 0 N–H and O–H groups in total. The standard InChI is InChI=1S/C27H26ClN3O4/c1-30(27(33)19-9-13-22(34-2)14-10-19)17-26(32)31-25(18-7-11-21(28)12-8-18)16-24(29-31)20-5-4-6-23(15-20)35-3/h4-15,25H,16-17H2,1-3H3/t25-/m1/s1. The van der Waals surface area contributed by atoms with Crippen molar-refractivity contribution in [2.45, 2.75) is 12.5 Å². The van der Waals surface area contributed by atoms with Gasteiger partial charge >= 0.3 is 0 Å². The normalized spacial score (nSPS) is 14.9. The molecule has 0 fully saturated rings. The minimum atomic E-state index is -0.314. The second-order valence-corrected chi connectivity index (χ2v) is 8.61. The second kappa shape index (κ2) is 10.6. The van der Waals surface area contributed by atoms with E-state index in [1.54, 1.807) is 57.7 Å². The van der Waals surface area contributed by atoms with Crippen molar-refractivity contribution in [1.82, 2.24) is 9.91 Å². The number of methoxy groups -OCH3 is 2. The molecule has 2 amide bonds. The SMILES string of the molecule is COc1ccc(C(=O)N(C)CC(=O)N2N=C(c3cccc(OC)c3)C[C@@H]2c2ccc(Cl)cc2)cc1. The number of hydrazone groups is 1. The van der Waals surface area contributed by atoms with Crippen molar-refractivity contribution in [2.75, 3.05) is 27.8 Å². The fraction of sp³-hybridized carbons (Fsp3) is 0.222. The number of hydrogen-bond donors (Lipinski definition) is 0. The lowest BCUT2D eigenvalue weighted by molar-refractivity contribution is -0.133. The molecule has 1 aliphatic heterocycles. The maximum Gasteiger partial charge on any atom is 0.262 e. The molecule has 0 bridgehead atoms. The van der Waals surface area contributed by atoms with Gasteiger partial charge in [0, 0.05) is 29.6 Å². The summed E-state index contributed by atoms with van der Waals surface area (Å²) in [6.45, 7) is -0.121. The minimum absolute atomic E-state index is 0.121. The van der Waals surface area contributed by atoms with E-state index in [4.69, 9.17) is 21.1 Å². The minimum Gasteiger partial charge on any atom is -0.497 e. The van der Waals surface area contributed by atoms with Crippen LogP contribution in [0.25, 0.3) is 0 Å². The topological polar surface area (TPSA) is 71.4 Å². The fourth-order valence-corrected chi connectivity index (χ4v) is 4.09. The molecule has 4 rings (SSSR count). The van der Waals surface area contributed by atoms with Gasteiger partial charge in [-0.3, -0.25) is 9.59 Å². The molecule has 35 heavy (non-hydrogen) atoms. The molecule has 0 radical (unpaired) electrons. The molecule has 1 aliphatic rings. The molecule has 0 saturated carbocycles. The van der Waals surface area contributed by atoms with Gasteiger partial charge < -0.3 is 14.4 Å². The average molecular weight is 492 g/mol. The van der Waals surface area contributed by atoms with Gasteiger partial charge in [0.25, 0.3) is 11.8 Å². The Morgan fingerprint density at radius 1 is 1.00 bits per heavy atom. The molecule has 0 saturated heterocycles. The molecule has 0 unspecified atom stereocenters.